The predicted molar refractivity (Wildman–Crippen MR) is 69.4 cm³/mol. The van der Waals surface area contributed by atoms with E-state index in [-0.39, 0.29) is 18.4 Å². The second-order valence-electron chi connectivity index (χ2n) is 4.16. The van der Waals surface area contributed by atoms with Gasteiger partial charge in [-0.15, -0.1) is 0 Å². The molecule has 0 saturated carbocycles. The number of rotatable bonds is 3. The first-order chi connectivity index (χ1) is 9.27. The zero-order valence-electron chi connectivity index (χ0n) is 10.1. The van der Waals surface area contributed by atoms with Crippen LogP contribution in [0, 0.1) is 0 Å². The maximum Gasteiger partial charge on any atom is 0.261 e. The van der Waals surface area contributed by atoms with Crippen LogP contribution in [0.25, 0.3) is 6.20 Å². The molecule has 0 saturated heterocycles. The molecule has 0 radical (unpaired) electrons. The van der Waals surface area contributed by atoms with Crippen LogP contribution in [0.2, 0.25) is 0 Å². The number of carbonyl (C=O) groups excluding carboxylic acids is 2. The molecule has 0 N–H and O–H groups in total. The van der Waals surface area contributed by atoms with Crippen molar-refractivity contribution < 1.29 is 9.59 Å². The van der Waals surface area contributed by atoms with Crippen LogP contribution in [-0.2, 0) is 0 Å². The fourth-order valence-electron chi connectivity index (χ4n) is 2.04. The molecule has 2 aromatic rings. The van der Waals surface area contributed by atoms with Gasteiger partial charge in [-0.25, -0.2) is 4.98 Å². The molecule has 2 amide bonds. The van der Waals surface area contributed by atoms with E-state index in [0.717, 1.165) is 0 Å². The Kier molecular flexibility index (Phi) is 2.72. The molecule has 0 bridgehead atoms. The van der Waals surface area contributed by atoms with Gasteiger partial charge >= 0.3 is 0 Å². The van der Waals surface area contributed by atoms with Crippen molar-refractivity contribution in [1.29, 1.82) is 0 Å². The first-order valence-corrected chi connectivity index (χ1v) is 5.86. The van der Waals surface area contributed by atoms with Gasteiger partial charge in [-0.2, -0.15) is 0 Å². The van der Waals surface area contributed by atoms with Gasteiger partial charge in [0.25, 0.3) is 11.8 Å². The number of nitrogens with zero attached hydrogens (tertiary/aromatic N) is 3. The first-order valence-electron chi connectivity index (χ1n) is 5.86. The van der Waals surface area contributed by atoms with Gasteiger partial charge in [-0.3, -0.25) is 14.5 Å². The summed E-state index contributed by atoms with van der Waals surface area (Å²) in [6.07, 6.45) is 8.59. The molecule has 5 heteroatoms. The van der Waals surface area contributed by atoms with E-state index in [1.54, 1.807) is 59.8 Å². The van der Waals surface area contributed by atoms with Crippen molar-refractivity contribution in [3.8, 4) is 0 Å². The van der Waals surface area contributed by atoms with Crippen molar-refractivity contribution in [2.24, 2.45) is 0 Å². The molecule has 1 aromatic carbocycles. The number of imide groups is 1. The number of imidazole rings is 1. The topological polar surface area (TPSA) is 55.2 Å². The van der Waals surface area contributed by atoms with E-state index in [1.807, 2.05) is 0 Å². The minimum absolute atomic E-state index is 0.240. The quantitative estimate of drug-likeness (QED) is 0.781. The Morgan fingerprint density at radius 2 is 1.79 bits per heavy atom. The zero-order valence-corrected chi connectivity index (χ0v) is 10.1. The molecular weight excluding hydrogens is 242 g/mol. The lowest BCUT2D eigenvalue weighted by molar-refractivity contribution is 0.0672. The van der Waals surface area contributed by atoms with Crippen molar-refractivity contribution in [3.63, 3.8) is 0 Å². The van der Waals surface area contributed by atoms with E-state index >= 15 is 0 Å². The normalized spacial score (nSPS) is 14.4. The molecule has 1 aliphatic rings. The molecule has 1 aliphatic heterocycles. The Bertz CT molecular complexity index is 624. The number of hydrogen-bond donors (Lipinski definition) is 0. The number of benzene rings is 1. The monoisotopic (exact) mass is 253 g/mol. The fourth-order valence-corrected chi connectivity index (χ4v) is 2.04. The molecule has 5 nitrogen and oxygen atoms in total. The highest BCUT2D eigenvalue weighted by atomic mass is 16.2. The number of aromatic nitrogens is 2. The molecule has 0 aliphatic carbocycles. The van der Waals surface area contributed by atoms with Gasteiger partial charge in [-0.1, -0.05) is 12.1 Å². The Morgan fingerprint density at radius 3 is 2.37 bits per heavy atom. The molecule has 0 spiro atoms. The Labute approximate surface area is 109 Å². The average molecular weight is 253 g/mol. The standard InChI is InChI=1S/C14H11N3O2/c18-13-11-4-1-2-5-12(11)14(19)17(13)8-3-7-16-9-6-15-10-16/h1-7,9-10H,8H2. The minimum atomic E-state index is -0.240. The van der Waals surface area contributed by atoms with Crippen molar-refractivity contribution in [2.75, 3.05) is 6.54 Å². The predicted octanol–water partition coefficient (Wildman–Crippen LogP) is 1.65. The van der Waals surface area contributed by atoms with Gasteiger partial charge < -0.3 is 4.57 Å². The third kappa shape index (κ3) is 1.95. The van der Waals surface area contributed by atoms with Crippen LogP contribution in [0.3, 0.4) is 0 Å². The van der Waals surface area contributed by atoms with Gasteiger partial charge in [-0.05, 0) is 18.2 Å². The number of carbonyl (C=O) groups is 2. The van der Waals surface area contributed by atoms with E-state index in [4.69, 9.17) is 0 Å². The van der Waals surface area contributed by atoms with Crippen LogP contribution in [0.1, 0.15) is 20.7 Å². The van der Waals surface area contributed by atoms with Crippen LogP contribution in [0.4, 0.5) is 0 Å². The summed E-state index contributed by atoms with van der Waals surface area (Å²) >= 11 is 0. The van der Waals surface area contributed by atoms with Crippen molar-refractivity contribution in [3.05, 3.63) is 60.2 Å². The average Bonchev–Trinajstić information content (AvgIpc) is 3.02. The molecule has 2 heterocycles. The minimum Gasteiger partial charge on any atom is -0.313 e. The van der Waals surface area contributed by atoms with Crippen LogP contribution in [0.5, 0.6) is 0 Å². The van der Waals surface area contributed by atoms with Crippen LogP contribution >= 0.6 is 0 Å². The van der Waals surface area contributed by atoms with Crippen LogP contribution in [-0.4, -0.2) is 32.8 Å². The van der Waals surface area contributed by atoms with E-state index in [0.29, 0.717) is 11.1 Å². The summed E-state index contributed by atoms with van der Waals surface area (Å²) in [5.74, 6) is -0.480. The summed E-state index contributed by atoms with van der Waals surface area (Å²) in [7, 11) is 0. The van der Waals surface area contributed by atoms with E-state index in [1.165, 1.54) is 4.90 Å². The third-order valence-electron chi connectivity index (χ3n) is 2.97. The summed E-state index contributed by atoms with van der Waals surface area (Å²) in [4.78, 5) is 29.2. The van der Waals surface area contributed by atoms with E-state index < -0.39 is 0 Å². The molecule has 1 aromatic heterocycles. The lowest BCUT2D eigenvalue weighted by atomic mass is 10.1. The largest absolute Gasteiger partial charge is 0.313 e. The molecule has 3 rings (SSSR count). The van der Waals surface area contributed by atoms with Gasteiger partial charge in [0.15, 0.2) is 0 Å². The Hall–Kier alpha value is -2.69. The second kappa shape index (κ2) is 4.53. The lowest BCUT2D eigenvalue weighted by Crippen LogP contribution is -2.29. The van der Waals surface area contributed by atoms with Gasteiger partial charge in [0.05, 0.1) is 17.5 Å². The number of amides is 2. The molecule has 19 heavy (non-hydrogen) atoms. The maximum absolute atomic E-state index is 12.1. The second-order valence-corrected chi connectivity index (χ2v) is 4.16. The van der Waals surface area contributed by atoms with Gasteiger partial charge in [0.2, 0.25) is 0 Å². The highest BCUT2D eigenvalue weighted by Gasteiger charge is 2.33. The Morgan fingerprint density at radius 1 is 1.11 bits per heavy atom. The van der Waals surface area contributed by atoms with Crippen LogP contribution < -0.4 is 0 Å². The molecule has 0 unspecified atom stereocenters. The lowest BCUT2D eigenvalue weighted by Gasteiger charge is -2.10. The van der Waals surface area contributed by atoms with E-state index in [2.05, 4.69) is 4.98 Å². The third-order valence-corrected chi connectivity index (χ3v) is 2.97. The fraction of sp³-hybridized carbons (Fsp3) is 0.0714. The molecule has 0 fully saturated rings. The maximum atomic E-state index is 12.1. The van der Waals surface area contributed by atoms with Crippen molar-refractivity contribution in [2.45, 2.75) is 0 Å². The van der Waals surface area contributed by atoms with Gasteiger partial charge in [0.1, 0.15) is 0 Å². The summed E-state index contributed by atoms with van der Waals surface area (Å²) < 4.78 is 1.75. The highest BCUT2D eigenvalue weighted by molar-refractivity contribution is 6.21. The number of fused-ring (bicyclic) bond motifs is 1. The number of hydrogen-bond acceptors (Lipinski definition) is 3. The van der Waals surface area contributed by atoms with Crippen molar-refractivity contribution in [1.82, 2.24) is 14.5 Å². The summed E-state index contributed by atoms with van der Waals surface area (Å²) in [5.41, 5.74) is 0.951. The summed E-state index contributed by atoms with van der Waals surface area (Å²) in [5, 5.41) is 0. The highest BCUT2D eigenvalue weighted by Crippen LogP contribution is 2.21. The van der Waals surface area contributed by atoms with Crippen molar-refractivity contribution >= 4 is 18.0 Å². The zero-order chi connectivity index (χ0) is 13.2. The van der Waals surface area contributed by atoms with Crippen LogP contribution in [0.15, 0.2) is 49.1 Å². The molecule has 94 valence electrons. The van der Waals surface area contributed by atoms with E-state index in [9.17, 15) is 9.59 Å². The summed E-state index contributed by atoms with van der Waals surface area (Å²) in [6.45, 7) is 0.254. The first kappa shape index (κ1) is 11.4. The molecule has 0 atom stereocenters. The van der Waals surface area contributed by atoms with Gasteiger partial charge in [0, 0.05) is 25.1 Å². The summed E-state index contributed by atoms with van der Waals surface area (Å²) in [6, 6.07) is 6.87. The smallest absolute Gasteiger partial charge is 0.261 e. The molecular formula is C14H11N3O2. The SMILES string of the molecule is O=C1c2ccccc2C(=O)N1CC=Cn1ccnc1. The Balaban J connectivity index is 1.77.